The summed E-state index contributed by atoms with van der Waals surface area (Å²) >= 11 is 0. The quantitative estimate of drug-likeness (QED) is 0.502. The molecule has 2 heterocycles. The minimum Gasteiger partial charge on any atom is -0.508 e. The van der Waals surface area contributed by atoms with Crippen molar-refractivity contribution in [3.05, 3.63) is 76.0 Å². The minimum atomic E-state index is -0.611. The number of aromatic hydroxyl groups is 1. The normalized spacial score (nSPS) is 10.9. The summed E-state index contributed by atoms with van der Waals surface area (Å²) in [5.74, 6) is 0.317. The van der Waals surface area contributed by atoms with Gasteiger partial charge in [0.1, 0.15) is 11.3 Å². The number of carbonyl (C=O) groups excluding carboxylic acids is 1. The van der Waals surface area contributed by atoms with Crippen LogP contribution in [-0.4, -0.2) is 21.2 Å². The molecule has 0 saturated carbocycles. The summed E-state index contributed by atoms with van der Waals surface area (Å²) in [6.07, 6.45) is -0.148. The van der Waals surface area contributed by atoms with Crippen LogP contribution in [-0.2, 0) is 17.8 Å². The van der Waals surface area contributed by atoms with Crippen molar-refractivity contribution in [3.63, 3.8) is 0 Å². The van der Waals surface area contributed by atoms with Gasteiger partial charge in [0.2, 0.25) is 17.6 Å². The number of benzene rings is 2. The minimum absolute atomic E-state index is 0.0000256. The maximum atomic E-state index is 12.3. The highest BCUT2D eigenvalue weighted by Crippen LogP contribution is 2.23. The number of phenols is 1. The molecule has 0 aliphatic rings. The van der Waals surface area contributed by atoms with Gasteiger partial charge in [0, 0.05) is 17.0 Å². The molecular weight excluding hydrogens is 374 g/mol. The van der Waals surface area contributed by atoms with Gasteiger partial charge < -0.3 is 19.4 Å². The van der Waals surface area contributed by atoms with Crippen LogP contribution >= 0.6 is 0 Å². The van der Waals surface area contributed by atoms with Crippen molar-refractivity contribution in [1.29, 1.82) is 0 Å². The van der Waals surface area contributed by atoms with Gasteiger partial charge in [0.25, 0.3) is 0 Å². The average Bonchev–Trinajstić information content (AvgIpc) is 3.19. The SMILES string of the molecule is Cc1c(CC(=O)NCc2nc(-c3ccccc3)no2)c(=O)oc2cc(O)ccc12. The fraction of sp³-hybridized carbons (Fsp3) is 0.143. The molecule has 2 aromatic heterocycles. The highest BCUT2D eigenvalue weighted by Gasteiger charge is 2.16. The fourth-order valence-corrected chi connectivity index (χ4v) is 3.02. The van der Waals surface area contributed by atoms with Crippen LogP contribution in [0.25, 0.3) is 22.4 Å². The summed E-state index contributed by atoms with van der Waals surface area (Å²) in [6, 6.07) is 13.8. The van der Waals surface area contributed by atoms with E-state index >= 15 is 0 Å². The van der Waals surface area contributed by atoms with E-state index in [1.807, 2.05) is 30.3 Å². The van der Waals surface area contributed by atoms with Crippen LogP contribution in [0.2, 0.25) is 0 Å². The predicted octanol–water partition coefficient (Wildman–Crippen LogP) is 2.72. The summed E-state index contributed by atoms with van der Waals surface area (Å²) in [4.78, 5) is 28.8. The molecule has 8 nitrogen and oxygen atoms in total. The molecular formula is C21H17N3O5. The third-order valence-electron chi connectivity index (χ3n) is 4.55. The van der Waals surface area contributed by atoms with E-state index in [1.165, 1.54) is 12.1 Å². The smallest absolute Gasteiger partial charge is 0.340 e. The van der Waals surface area contributed by atoms with Crippen molar-refractivity contribution < 1.29 is 18.8 Å². The van der Waals surface area contributed by atoms with E-state index in [4.69, 9.17) is 8.94 Å². The second kappa shape index (κ2) is 7.59. The van der Waals surface area contributed by atoms with Crippen molar-refractivity contribution in [1.82, 2.24) is 15.5 Å². The Hall–Kier alpha value is -3.94. The van der Waals surface area contributed by atoms with Crippen LogP contribution in [0.5, 0.6) is 5.75 Å². The van der Waals surface area contributed by atoms with Gasteiger partial charge in [-0.2, -0.15) is 4.98 Å². The van der Waals surface area contributed by atoms with Gasteiger partial charge in [0.05, 0.1) is 18.5 Å². The zero-order valence-corrected chi connectivity index (χ0v) is 15.5. The number of hydrogen-bond acceptors (Lipinski definition) is 7. The highest BCUT2D eigenvalue weighted by atomic mass is 16.5. The Balaban J connectivity index is 1.46. The van der Waals surface area contributed by atoms with Crippen molar-refractivity contribution in [3.8, 4) is 17.1 Å². The van der Waals surface area contributed by atoms with Gasteiger partial charge in [-0.25, -0.2) is 4.79 Å². The number of amides is 1. The third kappa shape index (κ3) is 3.86. The fourth-order valence-electron chi connectivity index (χ4n) is 3.02. The van der Waals surface area contributed by atoms with Crippen LogP contribution in [0.3, 0.4) is 0 Å². The first-order chi connectivity index (χ1) is 14.0. The molecule has 29 heavy (non-hydrogen) atoms. The molecule has 0 aliphatic carbocycles. The molecule has 4 aromatic rings. The maximum Gasteiger partial charge on any atom is 0.340 e. The number of aryl methyl sites for hydroxylation is 1. The van der Waals surface area contributed by atoms with Crippen molar-refractivity contribution in [2.45, 2.75) is 19.9 Å². The Bertz CT molecular complexity index is 1240. The number of nitrogens with one attached hydrogen (secondary N) is 1. The van der Waals surface area contributed by atoms with Gasteiger partial charge in [-0.15, -0.1) is 0 Å². The third-order valence-corrected chi connectivity index (χ3v) is 4.55. The number of aromatic nitrogens is 2. The summed E-state index contributed by atoms with van der Waals surface area (Å²) in [5.41, 5.74) is 1.37. The lowest BCUT2D eigenvalue weighted by molar-refractivity contribution is -0.120. The Morgan fingerprint density at radius 3 is 2.76 bits per heavy atom. The summed E-state index contributed by atoms with van der Waals surface area (Å²) in [6.45, 7) is 1.79. The monoisotopic (exact) mass is 391 g/mol. The predicted molar refractivity (Wildman–Crippen MR) is 104 cm³/mol. The molecule has 0 unspecified atom stereocenters. The number of hydrogen-bond donors (Lipinski definition) is 2. The van der Waals surface area contributed by atoms with E-state index < -0.39 is 5.63 Å². The molecule has 1 amide bonds. The first kappa shape index (κ1) is 18.4. The average molecular weight is 391 g/mol. The molecule has 0 bridgehead atoms. The van der Waals surface area contributed by atoms with E-state index in [2.05, 4.69) is 15.5 Å². The van der Waals surface area contributed by atoms with Crippen LogP contribution in [0, 0.1) is 6.92 Å². The second-order valence-corrected chi connectivity index (χ2v) is 6.50. The molecule has 0 aliphatic heterocycles. The first-order valence-corrected chi connectivity index (χ1v) is 8.91. The zero-order valence-electron chi connectivity index (χ0n) is 15.5. The van der Waals surface area contributed by atoms with E-state index in [0.29, 0.717) is 16.8 Å². The lowest BCUT2D eigenvalue weighted by Gasteiger charge is -2.08. The van der Waals surface area contributed by atoms with Crippen molar-refractivity contribution >= 4 is 16.9 Å². The number of carbonyl (C=O) groups is 1. The Kier molecular flexibility index (Phi) is 4.82. The standard InChI is InChI=1S/C21H17N3O5/c1-12-15-8-7-14(25)9-17(15)28-21(27)16(12)10-18(26)22-11-19-23-20(24-29-19)13-5-3-2-4-6-13/h2-9,25H,10-11H2,1H3,(H,22,26). The summed E-state index contributed by atoms with van der Waals surface area (Å²) in [5, 5.41) is 16.8. The molecule has 2 aromatic carbocycles. The van der Waals surface area contributed by atoms with Gasteiger partial charge in [-0.05, 0) is 24.6 Å². The lowest BCUT2D eigenvalue weighted by Crippen LogP contribution is -2.27. The molecule has 8 heteroatoms. The van der Waals surface area contributed by atoms with E-state index in [0.717, 1.165) is 5.56 Å². The van der Waals surface area contributed by atoms with Crippen LogP contribution in [0.1, 0.15) is 17.0 Å². The molecule has 4 rings (SSSR count). The molecule has 0 radical (unpaired) electrons. The van der Waals surface area contributed by atoms with E-state index in [9.17, 15) is 14.7 Å². The van der Waals surface area contributed by atoms with E-state index in [1.54, 1.807) is 13.0 Å². The van der Waals surface area contributed by atoms with Gasteiger partial charge in [0.15, 0.2) is 0 Å². The largest absolute Gasteiger partial charge is 0.508 e. The first-order valence-electron chi connectivity index (χ1n) is 8.91. The number of fused-ring (bicyclic) bond motifs is 1. The van der Waals surface area contributed by atoms with Crippen LogP contribution in [0.4, 0.5) is 0 Å². The Labute approximate surface area is 164 Å². The van der Waals surface area contributed by atoms with Crippen molar-refractivity contribution in [2.75, 3.05) is 0 Å². The molecule has 0 spiro atoms. The molecule has 0 atom stereocenters. The maximum absolute atomic E-state index is 12.3. The zero-order chi connectivity index (χ0) is 20.4. The molecule has 2 N–H and O–H groups in total. The topological polar surface area (TPSA) is 118 Å². The second-order valence-electron chi connectivity index (χ2n) is 6.50. The number of phenolic OH excluding ortho intramolecular Hbond substituents is 1. The van der Waals surface area contributed by atoms with Crippen molar-refractivity contribution in [2.24, 2.45) is 0 Å². The Morgan fingerprint density at radius 2 is 1.97 bits per heavy atom. The highest BCUT2D eigenvalue weighted by molar-refractivity contribution is 5.85. The molecule has 146 valence electrons. The number of nitrogens with zero attached hydrogens (tertiary/aromatic N) is 2. The van der Waals surface area contributed by atoms with Gasteiger partial charge >= 0.3 is 5.63 Å². The molecule has 0 fully saturated rings. The van der Waals surface area contributed by atoms with Gasteiger partial charge in [-0.1, -0.05) is 35.5 Å². The summed E-state index contributed by atoms with van der Waals surface area (Å²) < 4.78 is 10.4. The molecule has 0 saturated heterocycles. The lowest BCUT2D eigenvalue weighted by atomic mass is 10.0. The number of rotatable bonds is 5. The Morgan fingerprint density at radius 1 is 1.17 bits per heavy atom. The van der Waals surface area contributed by atoms with Crippen LogP contribution in [0.15, 0.2) is 62.3 Å². The van der Waals surface area contributed by atoms with Crippen LogP contribution < -0.4 is 10.9 Å². The summed E-state index contributed by atoms with van der Waals surface area (Å²) in [7, 11) is 0. The van der Waals surface area contributed by atoms with Gasteiger partial charge in [-0.3, -0.25) is 4.79 Å². The van der Waals surface area contributed by atoms with E-state index in [-0.39, 0.29) is 41.7 Å².